The SMILES string of the molecule is NC(=O)c1c(F)cccc1NC=O. The number of carbonyl (C=O) groups excluding carboxylic acids is 2. The second kappa shape index (κ2) is 3.66. The number of primary amides is 1. The number of nitrogens with one attached hydrogen (secondary N) is 1. The Morgan fingerprint density at radius 3 is 2.77 bits per heavy atom. The van der Waals surface area contributed by atoms with Crippen LogP contribution in [0.2, 0.25) is 0 Å². The van der Waals surface area contributed by atoms with Crippen LogP contribution in [-0.4, -0.2) is 12.3 Å². The average Bonchev–Trinajstić information content (AvgIpc) is 2.04. The van der Waals surface area contributed by atoms with E-state index in [0.29, 0.717) is 6.41 Å². The van der Waals surface area contributed by atoms with Crippen molar-refractivity contribution < 1.29 is 14.0 Å². The molecule has 3 N–H and O–H groups in total. The summed E-state index contributed by atoms with van der Waals surface area (Å²) in [5, 5.41) is 2.18. The maximum absolute atomic E-state index is 13.0. The van der Waals surface area contributed by atoms with Gasteiger partial charge in [-0.1, -0.05) is 6.07 Å². The molecule has 13 heavy (non-hydrogen) atoms. The molecule has 0 unspecified atom stereocenters. The van der Waals surface area contributed by atoms with E-state index >= 15 is 0 Å². The van der Waals surface area contributed by atoms with Crippen LogP contribution in [0.4, 0.5) is 10.1 Å². The van der Waals surface area contributed by atoms with E-state index in [1.54, 1.807) is 0 Å². The van der Waals surface area contributed by atoms with Crippen LogP contribution in [0, 0.1) is 5.82 Å². The fourth-order valence-corrected chi connectivity index (χ4v) is 0.958. The van der Waals surface area contributed by atoms with Crippen LogP contribution in [0.15, 0.2) is 18.2 Å². The van der Waals surface area contributed by atoms with Crippen LogP contribution in [0.1, 0.15) is 10.4 Å². The molecule has 68 valence electrons. The van der Waals surface area contributed by atoms with Gasteiger partial charge in [-0.3, -0.25) is 9.59 Å². The first kappa shape index (κ1) is 9.18. The van der Waals surface area contributed by atoms with Gasteiger partial charge in [0.1, 0.15) is 5.82 Å². The molecule has 0 fully saturated rings. The Balaban J connectivity index is 3.25. The molecule has 0 aliphatic heterocycles. The van der Waals surface area contributed by atoms with Gasteiger partial charge in [0.15, 0.2) is 0 Å². The van der Waals surface area contributed by atoms with Crippen LogP contribution < -0.4 is 11.1 Å². The molecule has 0 atom stereocenters. The summed E-state index contributed by atoms with van der Waals surface area (Å²) < 4.78 is 13.0. The Kier molecular flexibility index (Phi) is 2.59. The molecular formula is C8H7FN2O2. The van der Waals surface area contributed by atoms with Crippen molar-refractivity contribution in [2.24, 2.45) is 5.73 Å². The summed E-state index contributed by atoms with van der Waals surface area (Å²) >= 11 is 0. The standard InChI is InChI=1S/C8H7FN2O2/c9-5-2-1-3-6(11-4-12)7(5)8(10)13/h1-4H,(H2,10,13)(H,11,12). The molecule has 0 saturated carbocycles. The highest BCUT2D eigenvalue weighted by Gasteiger charge is 2.12. The van der Waals surface area contributed by atoms with Crippen LogP contribution in [-0.2, 0) is 4.79 Å². The van der Waals surface area contributed by atoms with Gasteiger partial charge in [0, 0.05) is 0 Å². The van der Waals surface area contributed by atoms with Gasteiger partial charge in [-0.15, -0.1) is 0 Å². The van der Waals surface area contributed by atoms with Gasteiger partial charge >= 0.3 is 0 Å². The number of rotatable bonds is 3. The van der Waals surface area contributed by atoms with Crippen molar-refractivity contribution in [2.45, 2.75) is 0 Å². The van der Waals surface area contributed by atoms with E-state index in [0.717, 1.165) is 6.07 Å². The number of amides is 2. The molecule has 1 aromatic rings. The van der Waals surface area contributed by atoms with E-state index in [-0.39, 0.29) is 11.3 Å². The molecule has 1 rings (SSSR count). The van der Waals surface area contributed by atoms with Gasteiger partial charge in [-0.05, 0) is 12.1 Å². The van der Waals surface area contributed by atoms with Crippen molar-refractivity contribution in [3.63, 3.8) is 0 Å². The van der Waals surface area contributed by atoms with Crippen LogP contribution in [0.25, 0.3) is 0 Å². The van der Waals surface area contributed by atoms with Crippen molar-refractivity contribution in [3.8, 4) is 0 Å². The van der Waals surface area contributed by atoms with Crippen LogP contribution >= 0.6 is 0 Å². The molecule has 0 aliphatic carbocycles. The minimum atomic E-state index is -0.914. The Morgan fingerprint density at radius 2 is 2.23 bits per heavy atom. The summed E-state index contributed by atoms with van der Waals surface area (Å²) in [6.45, 7) is 0. The average molecular weight is 182 g/mol. The van der Waals surface area contributed by atoms with E-state index in [1.165, 1.54) is 12.1 Å². The molecule has 1 aromatic carbocycles. The Hall–Kier alpha value is -1.91. The first-order valence-electron chi connectivity index (χ1n) is 3.45. The zero-order chi connectivity index (χ0) is 9.84. The molecule has 0 aliphatic rings. The summed E-state index contributed by atoms with van der Waals surface area (Å²) in [5.41, 5.74) is 4.67. The highest BCUT2D eigenvalue weighted by atomic mass is 19.1. The highest BCUT2D eigenvalue weighted by molar-refractivity contribution is 6.00. The number of nitrogens with two attached hydrogens (primary N) is 1. The predicted molar refractivity (Wildman–Crippen MR) is 44.6 cm³/mol. The number of halogens is 1. The molecule has 5 heteroatoms. The lowest BCUT2D eigenvalue weighted by atomic mass is 10.1. The molecule has 0 saturated heterocycles. The highest BCUT2D eigenvalue weighted by Crippen LogP contribution is 2.17. The van der Waals surface area contributed by atoms with Crippen molar-refractivity contribution >= 4 is 18.0 Å². The largest absolute Gasteiger partial charge is 0.365 e. The Morgan fingerprint density at radius 1 is 1.54 bits per heavy atom. The fourth-order valence-electron chi connectivity index (χ4n) is 0.958. The fraction of sp³-hybridized carbons (Fsp3) is 0. The predicted octanol–water partition coefficient (Wildman–Crippen LogP) is 0.493. The van der Waals surface area contributed by atoms with Crippen molar-refractivity contribution in [2.75, 3.05) is 5.32 Å². The molecule has 4 nitrogen and oxygen atoms in total. The number of hydrogen-bond donors (Lipinski definition) is 2. The molecule has 2 amide bonds. The van der Waals surface area contributed by atoms with Gasteiger partial charge in [-0.2, -0.15) is 0 Å². The number of anilines is 1. The van der Waals surface area contributed by atoms with Crippen molar-refractivity contribution in [1.82, 2.24) is 0 Å². The van der Waals surface area contributed by atoms with Gasteiger partial charge in [0.05, 0.1) is 11.3 Å². The maximum atomic E-state index is 13.0. The monoisotopic (exact) mass is 182 g/mol. The molecule has 0 radical (unpaired) electrons. The third kappa shape index (κ3) is 1.81. The molecule has 0 bridgehead atoms. The minimum absolute atomic E-state index is 0.0718. The van der Waals surface area contributed by atoms with E-state index in [1.807, 2.05) is 0 Å². The van der Waals surface area contributed by atoms with E-state index in [9.17, 15) is 14.0 Å². The third-order valence-corrected chi connectivity index (χ3v) is 1.47. The van der Waals surface area contributed by atoms with Crippen molar-refractivity contribution in [1.29, 1.82) is 0 Å². The number of benzene rings is 1. The van der Waals surface area contributed by atoms with Gasteiger partial charge < -0.3 is 11.1 Å². The second-order valence-corrected chi connectivity index (χ2v) is 2.29. The van der Waals surface area contributed by atoms with Crippen LogP contribution in [0.5, 0.6) is 0 Å². The lowest BCUT2D eigenvalue weighted by Crippen LogP contribution is -2.16. The molecule has 0 aromatic heterocycles. The van der Waals surface area contributed by atoms with Gasteiger partial charge in [-0.25, -0.2) is 4.39 Å². The lowest BCUT2D eigenvalue weighted by Gasteiger charge is -2.04. The third-order valence-electron chi connectivity index (χ3n) is 1.47. The zero-order valence-electron chi connectivity index (χ0n) is 6.58. The maximum Gasteiger partial charge on any atom is 0.253 e. The lowest BCUT2D eigenvalue weighted by molar-refractivity contribution is -0.105. The second-order valence-electron chi connectivity index (χ2n) is 2.29. The summed E-state index contributed by atoms with van der Waals surface area (Å²) in [7, 11) is 0. The van der Waals surface area contributed by atoms with Gasteiger partial charge in [0.2, 0.25) is 6.41 Å². The Labute approximate surface area is 73.5 Å². The van der Waals surface area contributed by atoms with E-state index < -0.39 is 11.7 Å². The smallest absolute Gasteiger partial charge is 0.253 e. The topological polar surface area (TPSA) is 72.2 Å². The van der Waals surface area contributed by atoms with E-state index in [4.69, 9.17) is 5.73 Å². The van der Waals surface area contributed by atoms with E-state index in [2.05, 4.69) is 5.32 Å². The Bertz CT molecular complexity index is 352. The summed E-state index contributed by atoms with van der Waals surface area (Å²) in [5.74, 6) is -1.67. The summed E-state index contributed by atoms with van der Waals surface area (Å²) in [6.07, 6.45) is 0.348. The quantitative estimate of drug-likeness (QED) is 0.668. The number of hydrogen-bond acceptors (Lipinski definition) is 2. The first-order valence-corrected chi connectivity index (χ1v) is 3.45. The minimum Gasteiger partial charge on any atom is -0.365 e. The first-order chi connectivity index (χ1) is 6.16. The molecule has 0 spiro atoms. The normalized spacial score (nSPS) is 9.31. The van der Waals surface area contributed by atoms with Gasteiger partial charge in [0.25, 0.3) is 5.91 Å². The summed E-state index contributed by atoms with van der Waals surface area (Å²) in [4.78, 5) is 20.8. The number of carbonyl (C=O) groups is 2. The molecular weight excluding hydrogens is 175 g/mol. The molecule has 0 heterocycles. The van der Waals surface area contributed by atoms with Crippen molar-refractivity contribution in [3.05, 3.63) is 29.6 Å². The van der Waals surface area contributed by atoms with Crippen LogP contribution in [0.3, 0.4) is 0 Å². The zero-order valence-corrected chi connectivity index (χ0v) is 6.58. The summed E-state index contributed by atoms with van der Waals surface area (Å²) in [6, 6.07) is 3.85.